The molecule has 38 heavy (non-hydrogen) atoms. The van der Waals surface area contributed by atoms with Gasteiger partial charge in [0.1, 0.15) is 5.60 Å². The maximum Gasteiger partial charge on any atom is 0.309 e. The molecule has 1 saturated carbocycles. The fourth-order valence-corrected chi connectivity index (χ4v) is 5.52. The number of carbonyl (C=O) groups excluding carboxylic acids is 4. The van der Waals surface area contributed by atoms with Gasteiger partial charge in [0.15, 0.2) is 0 Å². The van der Waals surface area contributed by atoms with Gasteiger partial charge in [0.25, 0.3) is 0 Å². The number of nitrogens with one attached hydrogen (secondary N) is 2. The summed E-state index contributed by atoms with van der Waals surface area (Å²) < 4.78 is 5.45. The van der Waals surface area contributed by atoms with Crippen molar-refractivity contribution in [1.82, 2.24) is 20.4 Å². The molecule has 2 N–H and O–H groups in total. The van der Waals surface area contributed by atoms with Gasteiger partial charge >= 0.3 is 5.97 Å². The van der Waals surface area contributed by atoms with E-state index in [0.29, 0.717) is 31.8 Å². The molecule has 3 aliphatic rings. The molecule has 1 aromatic carbocycles. The van der Waals surface area contributed by atoms with Crippen LogP contribution >= 0.6 is 0 Å². The average molecular weight is 525 g/mol. The van der Waals surface area contributed by atoms with Gasteiger partial charge in [-0.25, -0.2) is 0 Å². The Morgan fingerprint density at radius 2 is 1.68 bits per heavy atom. The van der Waals surface area contributed by atoms with Gasteiger partial charge in [0.2, 0.25) is 17.7 Å². The molecule has 2 saturated heterocycles. The van der Waals surface area contributed by atoms with Crippen LogP contribution in [-0.4, -0.2) is 57.5 Å². The number of benzene rings is 1. The number of hydrogen-bond acceptors (Lipinski definition) is 6. The molecule has 9 nitrogen and oxygen atoms in total. The third kappa shape index (κ3) is 7.20. The number of esters is 1. The second-order valence-corrected chi connectivity index (χ2v) is 11.7. The van der Waals surface area contributed by atoms with Crippen molar-refractivity contribution in [2.45, 2.75) is 90.1 Å². The van der Waals surface area contributed by atoms with Crippen molar-refractivity contribution in [1.29, 1.82) is 0 Å². The first-order valence-corrected chi connectivity index (χ1v) is 13.9. The largest absolute Gasteiger partial charge is 0.460 e. The number of hydrogen-bond donors (Lipinski definition) is 2. The third-order valence-corrected chi connectivity index (χ3v) is 7.61. The van der Waals surface area contributed by atoms with E-state index < -0.39 is 5.60 Å². The van der Waals surface area contributed by atoms with Crippen LogP contribution < -0.4 is 5.32 Å². The number of rotatable bonds is 3. The normalized spacial score (nSPS) is 21.4. The van der Waals surface area contributed by atoms with E-state index in [0.717, 1.165) is 42.1 Å². The van der Waals surface area contributed by atoms with Gasteiger partial charge in [-0.1, -0.05) is 25.3 Å². The van der Waals surface area contributed by atoms with Crippen LogP contribution in [0.5, 0.6) is 0 Å². The molecule has 0 spiro atoms. The van der Waals surface area contributed by atoms with Crippen molar-refractivity contribution < 1.29 is 23.9 Å². The highest BCUT2D eigenvalue weighted by Crippen LogP contribution is 2.29. The molecule has 0 radical (unpaired) electrons. The van der Waals surface area contributed by atoms with Crippen molar-refractivity contribution in [3.63, 3.8) is 0 Å². The molecule has 206 valence electrons. The first-order chi connectivity index (χ1) is 18.1. The molecule has 0 bridgehead atoms. The van der Waals surface area contributed by atoms with Crippen molar-refractivity contribution in [3.8, 4) is 0 Å². The number of piperidine rings is 2. The number of ether oxygens (including phenoxy) is 1. The minimum absolute atomic E-state index is 0.0420. The summed E-state index contributed by atoms with van der Waals surface area (Å²) in [5.41, 5.74) is 1.46. The Hall–Kier alpha value is -3.23. The summed E-state index contributed by atoms with van der Waals surface area (Å²) in [4.78, 5) is 49.3. The molecule has 1 atom stereocenters. The Labute approximate surface area is 224 Å². The van der Waals surface area contributed by atoms with Gasteiger partial charge in [-0.15, -0.1) is 0 Å². The van der Waals surface area contributed by atoms with E-state index >= 15 is 0 Å². The van der Waals surface area contributed by atoms with Gasteiger partial charge < -0.3 is 9.64 Å². The second kappa shape index (κ2) is 12.1. The van der Waals surface area contributed by atoms with E-state index in [4.69, 9.17) is 4.74 Å². The van der Waals surface area contributed by atoms with Crippen molar-refractivity contribution in [2.24, 2.45) is 11.8 Å². The van der Waals surface area contributed by atoms with Crippen LogP contribution in [0.25, 0.3) is 10.9 Å². The quantitative estimate of drug-likeness (QED) is 0.458. The number of likely N-dealkylation sites (tertiary alicyclic amines) is 1. The molecule has 3 amide bonds. The number of amides is 3. The van der Waals surface area contributed by atoms with E-state index in [-0.39, 0.29) is 35.5 Å². The van der Waals surface area contributed by atoms with Gasteiger partial charge in [-0.05, 0) is 70.6 Å². The first kappa shape index (κ1) is 27.8. The fourth-order valence-electron chi connectivity index (χ4n) is 5.52. The van der Waals surface area contributed by atoms with Crippen molar-refractivity contribution in [2.75, 3.05) is 13.1 Å². The van der Waals surface area contributed by atoms with Crippen molar-refractivity contribution >= 4 is 34.6 Å². The predicted octanol–water partition coefficient (Wildman–Crippen LogP) is 4.23. The number of aromatic amines is 1. The SMILES string of the molecule is CC(C)(C)OC(=O)C1CCN(C(=O)C2CCCCC2)CC1.O=C1CCC(c2ccc3[nH]ncc3c2)C(=O)N1. The summed E-state index contributed by atoms with van der Waals surface area (Å²) in [5.74, 6) is -0.215. The molecule has 3 fully saturated rings. The van der Waals surface area contributed by atoms with E-state index in [1.807, 2.05) is 43.9 Å². The Morgan fingerprint density at radius 3 is 2.34 bits per heavy atom. The Kier molecular flexibility index (Phi) is 8.84. The van der Waals surface area contributed by atoms with E-state index in [9.17, 15) is 19.2 Å². The molecular weight excluding hydrogens is 484 g/mol. The zero-order valence-corrected chi connectivity index (χ0v) is 22.8. The van der Waals surface area contributed by atoms with Crippen LogP contribution in [0.15, 0.2) is 24.4 Å². The maximum atomic E-state index is 12.5. The fraction of sp³-hybridized carbons (Fsp3) is 0.621. The first-order valence-electron chi connectivity index (χ1n) is 13.9. The predicted molar refractivity (Wildman–Crippen MR) is 143 cm³/mol. The lowest BCUT2D eigenvalue weighted by Crippen LogP contribution is -2.44. The van der Waals surface area contributed by atoms with Crippen LogP contribution in [0.2, 0.25) is 0 Å². The van der Waals surface area contributed by atoms with E-state index in [2.05, 4.69) is 15.5 Å². The van der Waals surface area contributed by atoms with Gasteiger partial charge in [-0.3, -0.25) is 29.6 Å². The molecule has 3 heterocycles. The lowest BCUT2D eigenvalue weighted by atomic mass is 9.87. The van der Waals surface area contributed by atoms with Gasteiger partial charge in [0, 0.05) is 30.8 Å². The molecule has 5 rings (SSSR count). The highest BCUT2D eigenvalue weighted by atomic mass is 16.6. The Balaban J connectivity index is 0.000000180. The molecule has 2 aliphatic heterocycles. The standard InChI is InChI=1S/C17H29NO3.C12H11N3O2/c1-17(2,3)21-16(20)14-9-11-18(12-10-14)15(19)13-7-5-4-6-8-13;16-11-4-2-9(12(17)14-11)7-1-3-10-8(5-7)6-13-15-10/h13-14H,4-12H2,1-3H3;1,3,5-6,9H,2,4H2,(H,13,15)(H,14,16,17). The third-order valence-electron chi connectivity index (χ3n) is 7.61. The van der Waals surface area contributed by atoms with Gasteiger partial charge in [-0.2, -0.15) is 5.10 Å². The number of aromatic nitrogens is 2. The smallest absolute Gasteiger partial charge is 0.309 e. The molecular formula is C29H40N4O5. The molecule has 2 aromatic rings. The van der Waals surface area contributed by atoms with Crippen LogP contribution in [-0.2, 0) is 23.9 Å². The second-order valence-electron chi connectivity index (χ2n) is 11.7. The van der Waals surface area contributed by atoms with Crippen LogP contribution in [0.1, 0.15) is 90.0 Å². The summed E-state index contributed by atoms with van der Waals surface area (Å²) in [5, 5.41) is 10.1. The monoisotopic (exact) mass is 524 g/mol. The Bertz CT molecular complexity index is 1150. The molecule has 1 aliphatic carbocycles. The number of imide groups is 1. The zero-order chi connectivity index (χ0) is 27.3. The Morgan fingerprint density at radius 1 is 0.974 bits per heavy atom. The molecule has 1 aromatic heterocycles. The lowest BCUT2D eigenvalue weighted by Gasteiger charge is -2.35. The topological polar surface area (TPSA) is 121 Å². The lowest BCUT2D eigenvalue weighted by molar-refractivity contribution is -0.162. The summed E-state index contributed by atoms with van der Waals surface area (Å²) in [7, 11) is 0. The number of H-pyrrole nitrogens is 1. The number of fused-ring (bicyclic) bond motifs is 1. The molecule has 9 heteroatoms. The molecule has 1 unspecified atom stereocenters. The maximum absolute atomic E-state index is 12.5. The van der Waals surface area contributed by atoms with Gasteiger partial charge in [0.05, 0.1) is 23.5 Å². The zero-order valence-electron chi connectivity index (χ0n) is 22.8. The van der Waals surface area contributed by atoms with E-state index in [1.165, 1.54) is 19.3 Å². The van der Waals surface area contributed by atoms with E-state index in [1.54, 1.807) is 6.20 Å². The highest BCUT2D eigenvalue weighted by Gasteiger charge is 2.33. The number of nitrogens with zero attached hydrogens (tertiary/aromatic N) is 2. The summed E-state index contributed by atoms with van der Waals surface area (Å²) in [6.45, 7) is 7.10. The van der Waals surface area contributed by atoms with Crippen molar-refractivity contribution in [3.05, 3.63) is 30.0 Å². The summed E-state index contributed by atoms with van der Waals surface area (Å²) >= 11 is 0. The van der Waals surface area contributed by atoms with Crippen LogP contribution in [0.3, 0.4) is 0 Å². The highest BCUT2D eigenvalue weighted by molar-refractivity contribution is 6.01. The van der Waals surface area contributed by atoms with Crippen LogP contribution in [0, 0.1) is 11.8 Å². The summed E-state index contributed by atoms with van der Waals surface area (Å²) in [6.07, 6.45) is 9.93. The average Bonchev–Trinajstić information content (AvgIpc) is 3.36. The number of carbonyl (C=O) groups is 4. The minimum Gasteiger partial charge on any atom is -0.460 e. The summed E-state index contributed by atoms with van der Waals surface area (Å²) in [6, 6.07) is 5.75. The minimum atomic E-state index is -0.424. The van der Waals surface area contributed by atoms with Crippen LogP contribution in [0.4, 0.5) is 0 Å².